The van der Waals surface area contributed by atoms with E-state index >= 15 is 0 Å². The zero-order chi connectivity index (χ0) is 20.4. The number of benzene rings is 1. The number of carbonyl (C=O) groups is 1. The quantitative estimate of drug-likeness (QED) is 0.709. The van der Waals surface area contributed by atoms with E-state index in [2.05, 4.69) is 43.8 Å². The molecule has 0 unspecified atom stereocenters. The fourth-order valence-electron chi connectivity index (χ4n) is 3.25. The molecule has 1 aliphatic rings. The van der Waals surface area contributed by atoms with Crippen LogP contribution in [-0.4, -0.2) is 56.5 Å². The number of aryl methyl sites for hydroxylation is 3. The maximum Gasteiger partial charge on any atom is 0.267 e. The number of nitrogens with one attached hydrogen (secondary N) is 1. The Balaban J connectivity index is 1.44. The molecule has 1 fully saturated rings. The Labute approximate surface area is 173 Å². The van der Waals surface area contributed by atoms with Crippen molar-refractivity contribution in [3.05, 3.63) is 52.2 Å². The van der Waals surface area contributed by atoms with Gasteiger partial charge in [-0.15, -0.1) is 5.10 Å². The molecule has 1 saturated heterocycles. The van der Waals surface area contributed by atoms with Crippen molar-refractivity contribution in [2.45, 2.75) is 20.8 Å². The largest absolute Gasteiger partial charge is 0.353 e. The summed E-state index contributed by atoms with van der Waals surface area (Å²) < 4.78 is 3.87. The first kappa shape index (κ1) is 19.3. The van der Waals surface area contributed by atoms with E-state index in [1.165, 1.54) is 5.56 Å². The predicted octanol–water partition coefficient (Wildman–Crippen LogP) is 2.96. The highest BCUT2D eigenvalue weighted by atomic mass is 32.1. The summed E-state index contributed by atoms with van der Waals surface area (Å²) in [5.74, 6) is 1.46. The Kier molecular flexibility index (Phi) is 5.39. The average molecular weight is 410 g/mol. The maximum atomic E-state index is 12.7. The van der Waals surface area contributed by atoms with Crippen LogP contribution in [0.3, 0.4) is 0 Å². The summed E-state index contributed by atoms with van der Waals surface area (Å²) in [6, 6.07) is 10.1. The van der Waals surface area contributed by atoms with Gasteiger partial charge in [-0.25, -0.2) is 4.98 Å². The standard InChI is InChI=1S/C20H23N7OS/c1-13-4-6-16(7-5-13)22-20-21-14(2)12-17(23-20)26-8-10-27(11-9-26)19(28)18-15(3)24-25-29-18/h4-7,12H,8-11H2,1-3H3,(H,21,22,23). The van der Waals surface area contributed by atoms with Crippen molar-refractivity contribution in [1.29, 1.82) is 0 Å². The molecule has 1 aliphatic heterocycles. The van der Waals surface area contributed by atoms with Crippen molar-refractivity contribution in [2.75, 3.05) is 36.4 Å². The predicted molar refractivity (Wildman–Crippen MR) is 114 cm³/mol. The third-order valence-electron chi connectivity index (χ3n) is 4.89. The van der Waals surface area contributed by atoms with Gasteiger partial charge in [0, 0.05) is 43.6 Å². The van der Waals surface area contributed by atoms with Gasteiger partial charge in [0.2, 0.25) is 5.95 Å². The molecular weight excluding hydrogens is 386 g/mol. The molecule has 0 spiro atoms. The monoisotopic (exact) mass is 409 g/mol. The Morgan fingerprint density at radius 3 is 2.41 bits per heavy atom. The number of rotatable bonds is 4. The van der Waals surface area contributed by atoms with Gasteiger partial charge in [0.1, 0.15) is 10.7 Å². The molecule has 0 bridgehead atoms. The van der Waals surface area contributed by atoms with Crippen LogP contribution in [0.4, 0.5) is 17.5 Å². The molecule has 9 heteroatoms. The minimum atomic E-state index is 0.0118. The summed E-state index contributed by atoms with van der Waals surface area (Å²) >= 11 is 1.16. The van der Waals surface area contributed by atoms with Gasteiger partial charge in [0.15, 0.2) is 0 Å². The number of nitrogens with zero attached hydrogens (tertiary/aromatic N) is 6. The number of anilines is 3. The Bertz CT molecular complexity index is 1010. The van der Waals surface area contributed by atoms with E-state index in [4.69, 9.17) is 4.98 Å². The molecular formula is C20H23N7OS. The lowest BCUT2D eigenvalue weighted by Gasteiger charge is -2.35. The Morgan fingerprint density at radius 1 is 1.03 bits per heavy atom. The maximum absolute atomic E-state index is 12.7. The molecule has 0 aliphatic carbocycles. The number of aromatic nitrogens is 4. The number of amides is 1. The summed E-state index contributed by atoms with van der Waals surface area (Å²) in [6.45, 7) is 8.56. The molecule has 1 aromatic carbocycles. The van der Waals surface area contributed by atoms with E-state index in [0.717, 1.165) is 41.8 Å². The van der Waals surface area contributed by atoms with E-state index in [9.17, 15) is 4.79 Å². The van der Waals surface area contributed by atoms with Crippen LogP contribution in [0.1, 0.15) is 26.6 Å². The highest BCUT2D eigenvalue weighted by Crippen LogP contribution is 2.21. The van der Waals surface area contributed by atoms with Crippen LogP contribution in [0.5, 0.6) is 0 Å². The highest BCUT2D eigenvalue weighted by molar-refractivity contribution is 7.07. The van der Waals surface area contributed by atoms with Crippen molar-refractivity contribution in [3.63, 3.8) is 0 Å². The number of hydrogen-bond donors (Lipinski definition) is 1. The number of hydrogen-bond acceptors (Lipinski definition) is 8. The molecule has 1 N–H and O–H groups in total. The lowest BCUT2D eigenvalue weighted by atomic mass is 10.2. The molecule has 150 valence electrons. The molecule has 0 radical (unpaired) electrons. The summed E-state index contributed by atoms with van der Waals surface area (Å²) in [5, 5.41) is 7.22. The topological polar surface area (TPSA) is 87.1 Å². The second-order valence-electron chi connectivity index (χ2n) is 7.15. The molecule has 3 aromatic rings. The molecule has 0 atom stereocenters. The van der Waals surface area contributed by atoms with Gasteiger partial charge in [-0.3, -0.25) is 4.79 Å². The fourth-order valence-corrected chi connectivity index (χ4v) is 3.87. The van der Waals surface area contributed by atoms with E-state index in [1.54, 1.807) is 0 Å². The van der Waals surface area contributed by atoms with Crippen LogP contribution < -0.4 is 10.2 Å². The molecule has 3 heterocycles. The third-order valence-corrected chi connectivity index (χ3v) is 5.70. The second-order valence-corrected chi connectivity index (χ2v) is 7.90. The smallest absolute Gasteiger partial charge is 0.267 e. The van der Waals surface area contributed by atoms with Crippen molar-refractivity contribution < 1.29 is 4.79 Å². The molecule has 4 rings (SSSR count). The van der Waals surface area contributed by atoms with Crippen LogP contribution in [0, 0.1) is 20.8 Å². The number of piperazine rings is 1. The van der Waals surface area contributed by atoms with Gasteiger partial charge in [0.05, 0.1) is 5.69 Å². The third kappa shape index (κ3) is 4.34. The van der Waals surface area contributed by atoms with Crippen LogP contribution >= 0.6 is 11.5 Å². The first-order valence-electron chi connectivity index (χ1n) is 9.52. The van der Waals surface area contributed by atoms with E-state index < -0.39 is 0 Å². The lowest BCUT2D eigenvalue weighted by molar-refractivity contribution is 0.0750. The second kappa shape index (κ2) is 8.12. The normalized spacial score (nSPS) is 14.2. The molecule has 2 aromatic heterocycles. The summed E-state index contributed by atoms with van der Waals surface area (Å²) in [4.78, 5) is 26.5. The van der Waals surface area contributed by atoms with E-state index in [0.29, 0.717) is 29.6 Å². The van der Waals surface area contributed by atoms with Crippen molar-refractivity contribution in [2.24, 2.45) is 0 Å². The first-order valence-corrected chi connectivity index (χ1v) is 10.3. The van der Waals surface area contributed by atoms with E-state index in [-0.39, 0.29) is 5.91 Å². The van der Waals surface area contributed by atoms with Crippen LogP contribution in [0.2, 0.25) is 0 Å². The average Bonchev–Trinajstić information content (AvgIpc) is 3.15. The van der Waals surface area contributed by atoms with Crippen LogP contribution in [-0.2, 0) is 0 Å². The SMILES string of the molecule is Cc1ccc(Nc2nc(C)cc(N3CCN(C(=O)c4snnc4C)CC3)n2)cc1. The van der Waals surface area contributed by atoms with Gasteiger partial charge < -0.3 is 15.1 Å². The van der Waals surface area contributed by atoms with Crippen molar-refractivity contribution >= 4 is 34.9 Å². The zero-order valence-corrected chi connectivity index (χ0v) is 17.5. The zero-order valence-electron chi connectivity index (χ0n) is 16.7. The minimum absolute atomic E-state index is 0.0118. The number of carbonyl (C=O) groups excluding carboxylic acids is 1. The Hall–Kier alpha value is -3.07. The molecule has 0 saturated carbocycles. The van der Waals surface area contributed by atoms with Crippen molar-refractivity contribution in [1.82, 2.24) is 24.5 Å². The van der Waals surface area contributed by atoms with Gasteiger partial charge in [-0.2, -0.15) is 4.98 Å². The van der Waals surface area contributed by atoms with Crippen molar-refractivity contribution in [3.8, 4) is 0 Å². The van der Waals surface area contributed by atoms with E-state index in [1.807, 2.05) is 36.9 Å². The highest BCUT2D eigenvalue weighted by Gasteiger charge is 2.25. The van der Waals surface area contributed by atoms with Crippen LogP contribution in [0.15, 0.2) is 30.3 Å². The molecule has 29 heavy (non-hydrogen) atoms. The summed E-state index contributed by atoms with van der Waals surface area (Å²) in [6.07, 6.45) is 0. The Morgan fingerprint density at radius 2 is 1.76 bits per heavy atom. The lowest BCUT2D eigenvalue weighted by Crippen LogP contribution is -2.49. The van der Waals surface area contributed by atoms with Crippen LogP contribution in [0.25, 0.3) is 0 Å². The van der Waals surface area contributed by atoms with Gasteiger partial charge in [0.25, 0.3) is 5.91 Å². The first-order chi connectivity index (χ1) is 14.0. The summed E-state index contributed by atoms with van der Waals surface area (Å²) in [5.41, 5.74) is 3.75. The minimum Gasteiger partial charge on any atom is -0.353 e. The fraction of sp³-hybridized carbons (Fsp3) is 0.350. The van der Waals surface area contributed by atoms with Gasteiger partial charge in [-0.1, -0.05) is 22.2 Å². The van der Waals surface area contributed by atoms with Gasteiger partial charge >= 0.3 is 0 Å². The summed E-state index contributed by atoms with van der Waals surface area (Å²) in [7, 11) is 0. The molecule has 8 nitrogen and oxygen atoms in total. The molecule has 1 amide bonds. The van der Waals surface area contributed by atoms with Gasteiger partial charge in [-0.05, 0) is 44.4 Å².